The minimum Gasteiger partial charge on any atom is -0.486 e. The molecular weight excluding hydrogens is 424 g/mol. The Hall–Kier alpha value is -3.10. The third-order valence-corrected chi connectivity index (χ3v) is 6.07. The molecule has 2 heterocycles. The van der Waals surface area contributed by atoms with Crippen LogP contribution in [-0.2, 0) is 16.1 Å². The van der Waals surface area contributed by atoms with Crippen LogP contribution in [-0.4, -0.2) is 58.3 Å². The molecule has 1 aliphatic heterocycles. The Bertz CT molecular complexity index is 1020. The Labute approximate surface area is 192 Å². The highest BCUT2D eigenvalue weighted by molar-refractivity contribution is 5.96. The number of aliphatic hydroxyl groups excluding tert-OH is 2. The maximum absolute atomic E-state index is 13.3. The van der Waals surface area contributed by atoms with Crippen molar-refractivity contribution >= 4 is 11.8 Å². The fraction of sp³-hybridized carbons (Fsp3) is 0.440. The lowest BCUT2D eigenvalue weighted by Crippen LogP contribution is -2.55. The van der Waals surface area contributed by atoms with Crippen molar-refractivity contribution in [3.63, 3.8) is 0 Å². The van der Waals surface area contributed by atoms with Gasteiger partial charge in [0.25, 0.3) is 0 Å². The quantitative estimate of drug-likeness (QED) is 0.562. The zero-order chi connectivity index (χ0) is 23.5. The summed E-state index contributed by atoms with van der Waals surface area (Å²) < 4.78 is 11.3. The van der Waals surface area contributed by atoms with E-state index in [0.29, 0.717) is 17.7 Å². The van der Waals surface area contributed by atoms with Crippen LogP contribution in [0.4, 0.5) is 0 Å². The number of rotatable bonds is 8. The molecule has 2 aromatic rings. The van der Waals surface area contributed by atoms with E-state index >= 15 is 0 Å². The summed E-state index contributed by atoms with van der Waals surface area (Å²) >= 11 is 0. The molecule has 0 spiro atoms. The Kier molecular flexibility index (Phi) is 6.85. The zero-order valence-corrected chi connectivity index (χ0v) is 18.8. The Morgan fingerprint density at radius 2 is 2.00 bits per heavy atom. The van der Waals surface area contributed by atoms with Crippen LogP contribution in [0, 0.1) is 5.92 Å². The molecule has 0 fully saturated rings. The normalized spacial score (nSPS) is 23.4. The molecule has 8 heteroatoms. The van der Waals surface area contributed by atoms with Crippen molar-refractivity contribution in [1.82, 2.24) is 10.2 Å². The van der Waals surface area contributed by atoms with Crippen molar-refractivity contribution in [3.8, 4) is 5.75 Å². The standard InChI is InChI=1S/C25H30N2O6/c1-15(2)11-21(29)27(13-16-7-10-32-14-16)19-12-18(25(31)26-8-9-28)22-17-5-3-4-6-20(17)33-24(22)23(19)30/h3-7,10,12,14-15,19,22-24,28,30H,8-9,11,13H2,1-2H3,(H,26,31). The van der Waals surface area contributed by atoms with E-state index in [2.05, 4.69) is 5.32 Å². The SMILES string of the molecule is CC(C)CC(=O)N(Cc1ccoc1)C1C=C(C(=O)NCCO)C2c3ccccc3OC2C1O. The Morgan fingerprint density at radius 3 is 2.70 bits per heavy atom. The first-order valence-corrected chi connectivity index (χ1v) is 11.3. The van der Waals surface area contributed by atoms with Crippen molar-refractivity contribution < 1.29 is 29.0 Å². The van der Waals surface area contributed by atoms with Crippen LogP contribution >= 0.6 is 0 Å². The number of ether oxygens (including phenoxy) is 1. The summed E-state index contributed by atoms with van der Waals surface area (Å²) in [6.45, 7) is 4.07. The van der Waals surface area contributed by atoms with Gasteiger partial charge in [0.2, 0.25) is 11.8 Å². The smallest absolute Gasteiger partial charge is 0.247 e. The topological polar surface area (TPSA) is 112 Å². The number of carbonyl (C=O) groups excluding carboxylic acids is 2. The van der Waals surface area contributed by atoms with Crippen LogP contribution in [0.2, 0.25) is 0 Å². The summed E-state index contributed by atoms with van der Waals surface area (Å²) in [6, 6.07) is 8.40. The van der Waals surface area contributed by atoms with E-state index in [1.54, 1.807) is 23.3 Å². The van der Waals surface area contributed by atoms with Crippen molar-refractivity contribution in [2.75, 3.05) is 13.2 Å². The third kappa shape index (κ3) is 4.67. The molecular formula is C25H30N2O6. The molecule has 1 aromatic carbocycles. The number of aliphatic hydroxyl groups is 2. The fourth-order valence-corrected chi connectivity index (χ4v) is 4.60. The summed E-state index contributed by atoms with van der Waals surface area (Å²) in [5.41, 5.74) is 2.03. The van der Waals surface area contributed by atoms with Crippen molar-refractivity contribution in [2.45, 2.75) is 51.0 Å². The molecule has 1 aromatic heterocycles. The summed E-state index contributed by atoms with van der Waals surface area (Å²) in [5.74, 6) is -0.211. The lowest BCUT2D eigenvalue weighted by molar-refractivity contribution is -0.138. The number of fused-ring (bicyclic) bond motifs is 3. The predicted octanol–water partition coefficient (Wildman–Crippen LogP) is 1.98. The predicted molar refractivity (Wildman–Crippen MR) is 120 cm³/mol. The minimum absolute atomic E-state index is 0.105. The van der Waals surface area contributed by atoms with Crippen molar-refractivity contribution in [3.05, 3.63) is 65.6 Å². The number of furan rings is 1. The van der Waals surface area contributed by atoms with E-state index in [1.165, 1.54) is 6.26 Å². The molecule has 0 bridgehead atoms. The number of carbonyl (C=O) groups is 2. The van der Waals surface area contributed by atoms with Gasteiger partial charge in [-0.3, -0.25) is 9.59 Å². The summed E-state index contributed by atoms with van der Waals surface area (Å²) in [6.07, 6.45) is 3.33. The van der Waals surface area contributed by atoms with E-state index in [0.717, 1.165) is 11.1 Å². The van der Waals surface area contributed by atoms with Crippen LogP contribution in [0.15, 0.2) is 58.9 Å². The number of amides is 2. The molecule has 0 saturated heterocycles. The highest BCUT2D eigenvalue weighted by atomic mass is 16.5. The van der Waals surface area contributed by atoms with E-state index < -0.39 is 24.2 Å². The molecule has 4 atom stereocenters. The fourth-order valence-electron chi connectivity index (χ4n) is 4.60. The van der Waals surface area contributed by atoms with Crippen LogP contribution in [0.5, 0.6) is 5.75 Å². The summed E-state index contributed by atoms with van der Waals surface area (Å²) in [5, 5.41) is 23.3. The van der Waals surface area contributed by atoms with Gasteiger partial charge in [-0.15, -0.1) is 0 Å². The van der Waals surface area contributed by atoms with E-state index in [4.69, 9.17) is 9.15 Å². The van der Waals surface area contributed by atoms with Gasteiger partial charge in [0, 0.05) is 36.2 Å². The molecule has 4 unspecified atom stereocenters. The van der Waals surface area contributed by atoms with Gasteiger partial charge in [0.15, 0.2) is 0 Å². The lowest BCUT2D eigenvalue weighted by Gasteiger charge is -2.40. The van der Waals surface area contributed by atoms with Gasteiger partial charge in [-0.05, 0) is 24.1 Å². The molecule has 2 amide bonds. The van der Waals surface area contributed by atoms with Gasteiger partial charge in [-0.25, -0.2) is 0 Å². The van der Waals surface area contributed by atoms with Gasteiger partial charge < -0.3 is 29.6 Å². The van der Waals surface area contributed by atoms with E-state index in [-0.39, 0.29) is 37.4 Å². The highest BCUT2D eigenvalue weighted by Gasteiger charge is 2.50. The number of nitrogens with one attached hydrogen (secondary N) is 1. The zero-order valence-electron chi connectivity index (χ0n) is 18.8. The second-order valence-electron chi connectivity index (χ2n) is 8.93. The number of hydrogen-bond acceptors (Lipinski definition) is 6. The number of para-hydroxylation sites is 1. The van der Waals surface area contributed by atoms with Gasteiger partial charge in [0.1, 0.15) is 18.0 Å². The van der Waals surface area contributed by atoms with Crippen LogP contribution in [0.25, 0.3) is 0 Å². The maximum Gasteiger partial charge on any atom is 0.247 e. The average Bonchev–Trinajstić information content (AvgIpc) is 3.44. The number of nitrogens with zero attached hydrogens (tertiary/aromatic N) is 1. The first-order chi connectivity index (χ1) is 15.9. The van der Waals surface area contributed by atoms with Crippen molar-refractivity contribution in [1.29, 1.82) is 0 Å². The van der Waals surface area contributed by atoms with Crippen molar-refractivity contribution in [2.24, 2.45) is 5.92 Å². The number of hydrogen-bond donors (Lipinski definition) is 3. The molecule has 0 radical (unpaired) electrons. The highest BCUT2D eigenvalue weighted by Crippen LogP contribution is 2.47. The van der Waals surface area contributed by atoms with Crippen LogP contribution in [0.3, 0.4) is 0 Å². The first-order valence-electron chi connectivity index (χ1n) is 11.3. The van der Waals surface area contributed by atoms with E-state index in [1.807, 2.05) is 38.1 Å². The molecule has 176 valence electrons. The van der Waals surface area contributed by atoms with E-state index in [9.17, 15) is 19.8 Å². The molecule has 1 aliphatic carbocycles. The summed E-state index contributed by atoms with van der Waals surface area (Å²) in [7, 11) is 0. The Balaban J connectivity index is 1.75. The molecule has 3 N–H and O–H groups in total. The first kappa shape index (κ1) is 23.1. The lowest BCUT2D eigenvalue weighted by atomic mass is 9.77. The average molecular weight is 455 g/mol. The van der Waals surface area contributed by atoms with Gasteiger partial charge in [-0.2, -0.15) is 0 Å². The summed E-state index contributed by atoms with van der Waals surface area (Å²) in [4.78, 5) is 28.0. The number of benzene rings is 1. The second kappa shape index (κ2) is 9.80. The second-order valence-corrected chi connectivity index (χ2v) is 8.93. The Morgan fingerprint density at radius 1 is 1.21 bits per heavy atom. The molecule has 0 saturated carbocycles. The molecule has 33 heavy (non-hydrogen) atoms. The van der Waals surface area contributed by atoms with Gasteiger partial charge >= 0.3 is 0 Å². The molecule has 4 rings (SSSR count). The monoisotopic (exact) mass is 454 g/mol. The van der Waals surface area contributed by atoms with Gasteiger partial charge in [0.05, 0.1) is 31.1 Å². The van der Waals surface area contributed by atoms with Crippen LogP contribution in [0.1, 0.15) is 37.3 Å². The molecule has 8 nitrogen and oxygen atoms in total. The minimum atomic E-state index is -1.04. The maximum atomic E-state index is 13.3. The third-order valence-electron chi connectivity index (χ3n) is 6.07. The molecule has 2 aliphatic rings. The van der Waals surface area contributed by atoms with Gasteiger partial charge in [-0.1, -0.05) is 32.0 Å². The van der Waals surface area contributed by atoms with Crippen LogP contribution < -0.4 is 10.1 Å². The largest absolute Gasteiger partial charge is 0.486 e.